The number of hydrogen-bond acceptors (Lipinski definition) is 6. The maximum atomic E-state index is 10.2. The molecule has 0 heterocycles. The summed E-state index contributed by atoms with van der Waals surface area (Å²) in [6.07, 6.45) is 0. The Balaban J connectivity index is 3.62. The molecule has 0 fully saturated rings. The minimum absolute atomic E-state index is 0.214. The maximum absolute atomic E-state index is 10.2. The predicted molar refractivity (Wildman–Crippen MR) is 33.8 cm³/mol. The second-order valence-corrected chi connectivity index (χ2v) is 1.66. The van der Waals surface area contributed by atoms with E-state index in [2.05, 4.69) is 15.0 Å². The van der Waals surface area contributed by atoms with E-state index < -0.39 is 11.8 Å². The molecule has 12 heavy (non-hydrogen) atoms. The van der Waals surface area contributed by atoms with Gasteiger partial charge in [-0.25, -0.2) is 15.3 Å². The number of hydrazine groups is 1. The van der Waals surface area contributed by atoms with Crippen LogP contribution in [0.15, 0.2) is 5.28 Å². The number of rotatable bonds is 5. The first-order valence-corrected chi connectivity index (χ1v) is 2.77. The van der Waals surface area contributed by atoms with Crippen LogP contribution in [-0.2, 0) is 9.68 Å². The lowest BCUT2D eigenvalue weighted by molar-refractivity contribution is -0.799. The van der Waals surface area contributed by atoms with Gasteiger partial charge in [-0.2, -0.15) is 0 Å². The molecular weight excluding hydrogens is 172 g/mol. The van der Waals surface area contributed by atoms with E-state index >= 15 is 0 Å². The van der Waals surface area contributed by atoms with Crippen molar-refractivity contribution >= 4 is 0 Å². The number of hydrogen-bond donors (Lipinski definition) is 0. The molecule has 0 saturated carbocycles. The zero-order valence-electron chi connectivity index (χ0n) is 6.54. The first kappa shape index (κ1) is 10.2. The van der Waals surface area contributed by atoms with Crippen molar-refractivity contribution in [3.8, 4) is 0 Å². The molecule has 0 aliphatic rings. The Kier molecular flexibility index (Phi) is 4.19. The van der Waals surface area contributed by atoms with Crippen LogP contribution in [0.2, 0.25) is 0 Å². The highest BCUT2D eigenvalue weighted by atomic mass is 16.9. The van der Waals surface area contributed by atoms with Gasteiger partial charge < -0.3 is 9.68 Å². The smallest absolute Gasteiger partial charge is 0.259 e. The van der Waals surface area contributed by atoms with Gasteiger partial charge in [-0.3, -0.25) is 0 Å². The van der Waals surface area contributed by atoms with Gasteiger partial charge in [0.15, 0.2) is 5.03 Å². The number of nitrogens with zero attached hydrogens (tertiary/aromatic N) is 4. The first-order chi connectivity index (χ1) is 5.57. The molecule has 9 nitrogen and oxygen atoms in total. The van der Waals surface area contributed by atoms with Crippen molar-refractivity contribution in [2.24, 2.45) is 5.28 Å². The van der Waals surface area contributed by atoms with Crippen molar-refractivity contribution in [1.82, 2.24) is 5.01 Å². The van der Waals surface area contributed by atoms with Crippen LogP contribution in [0.3, 0.4) is 0 Å². The molecule has 0 atom stereocenters. The van der Waals surface area contributed by atoms with Gasteiger partial charge in [-0.05, 0) is 0 Å². The van der Waals surface area contributed by atoms with E-state index in [-0.39, 0.29) is 5.02 Å². The van der Waals surface area contributed by atoms with Crippen molar-refractivity contribution < 1.29 is 19.7 Å². The van der Waals surface area contributed by atoms with Crippen molar-refractivity contribution in [3.63, 3.8) is 0 Å². The van der Waals surface area contributed by atoms with Crippen LogP contribution in [0.5, 0.6) is 0 Å². The molecule has 0 amide bonds. The molecule has 0 saturated heterocycles. The average molecular weight is 180 g/mol. The summed E-state index contributed by atoms with van der Waals surface area (Å²) in [4.78, 5) is 18.1. The predicted octanol–water partition coefficient (Wildman–Crippen LogP) is -0.477. The van der Waals surface area contributed by atoms with Gasteiger partial charge in [-0.1, -0.05) is 5.01 Å². The fourth-order valence-electron chi connectivity index (χ4n) is 0.237. The fourth-order valence-corrected chi connectivity index (χ4v) is 0.237. The SMILES string of the molecule is CO/[N+]([O-])=N/OCN(C)[N+](=O)[O-]. The Morgan fingerprint density at radius 3 is 2.58 bits per heavy atom. The van der Waals surface area contributed by atoms with Crippen LogP contribution >= 0.6 is 0 Å². The van der Waals surface area contributed by atoms with Crippen molar-refractivity contribution in [1.29, 1.82) is 0 Å². The summed E-state index contributed by atoms with van der Waals surface area (Å²) < 4.78 is 0. The molecule has 0 aliphatic carbocycles. The van der Waals surface area contributed by atoms with Crippen LogP contribution in [0.1, 0.15) is 0 Å². The van der Waals surface area contributed by atoms with Crippen LogP contribution in [0.25, 0.3) is 0 Å². The average Bonchev–Trinajstić information content (AvgIpc) is 2.03. The summed E-state index contributed by atoms with van der Waals surface area (Å²) in [5.74, 6) is 0. The molecule has 0 aliphatic heterocycles. The van der Waals surface area contributed by atoms with E-state index in [0.29, 0.717) is 5.01 Å². The molecule has 0 bridgehead atoms. The molecular formula is C3H8N4O5. The van der Waals surface area contributed by atoms with Crippen molar-refractivity contribution in [3.05, 3.63) is 15.3 Å². The van der Waals surface area contributed by atoms with Gasteiger partial charge in [0.2, 0.25) is 11.8 Å². The van der Waals surface area contributed by atoms with Crippen molar-refractivity contribution in [2.75, 3.05) is 20.9 Å². The maximum Gasteiger partial charge on any atom is 0.259 e. The number of nitro groups is 1. The quantitative estimate of drug-likeness (QED) is 0.245. The van der Waals surface area contributed by atoms with Gasteiger partial charge in [0.05, 0.1) is 7.05 Å². The molecule has 0 rings (SSSR count). The van der Waals surface area contributed by atoms with Crippen LogP contribution in [-0.4, -0.2) is 36.0 Å². The van der Waals surface area contributed by atoms with Crippen molar-refractivity contribution in [2.45, 2.75) is 0 Å². The monoisotopic (exact) mass is 180 g/mol. The highest BCUT2D eigenvalue weighted by molar-refractivity contribution is 4.14. The first-order valence-electron chi connectivity index (χ1n) is 2.77. The summed E-state index contributed by atoms with van der Waals surface area (Å²) in [6.45, 7) is -0.435. The Morgan fingerprint density at radius 1 is 1.58 bits per heavy atom. The standard InChI is InChI=1S/C3H8N4O5/c1-5(7(9)10)3-12-4-6(8)11-2/h3H2,1-2H3/b6-4+. The zero-order chi connectivity index (χ0) is 9.56. The molecule has 0 N–H and O–H groups in total. The van der Waals surface area contributed by atoms with Gasteiger partial charge in [0.1, 0.15) is 0 Å². The second-order valence-electron chi connectivity index (χ2n) is 1.66. The topological polar surface area (TPSA) is 103 Å². The highest BCUT2D eigenvalue weighted by Gasteiger charge is 2.07. The zero-order valence-corrected chi connectivity index (χ0v) is 6.54. The Morgan fingerprint density at radius 2 is 2.17 bits per heavy atom. The molecule has 0 aromatic heterocycles. The van der Waals surface area contributed by atoms with E-state index in [1.165, 1.54) is 0 Å². The minimum Gasteiger partial charge on any atom is -0.381 e. The molecule has 0 aromatic carbocycles. The summed E-state index contributed by atoms with van der Waals surface area (Å²) in [5, 5.41) is 22.6. The van der Waals surface area contributed by atoms with Crippen LogP contribution < -0.4 is 0 Å². The van der Waals surface area contributed by atoms with Gasteiger partial charge >= 0.3 is 0 Å². The van der Waals surface area contributed by atoms with E-state index in [4.69, 9.17) is 0 Å². The molecule has 0 spiro atoms. The molecule has 0 unspecified atom stereocenters. The second kappa shape index (κ2) is 4.93. The molecule has 0 aromatic rings. The summed E-state index contributed by atoms with van der Waals surface area (Å²) in [6, 6.07) is 0. The largest absolute Gasteiger partial charge is 0.381 e. The van der Waals surface area contributed by atoms with E-state index in [0.717, 1.165) is 14.2 Å². The van der Waals surface area contributed by atoms with Crippen LogP contribution in [0, 0.1) is 15.3 Å². The lowest BCUT2D eigenvalue weighted by atomic mass is 11.1. The van der Waals surface area contributed by atoms with Gasteiger partial charge in [0, 0.05) is 7.11 Å². The van der Waals surface area contributed by atoms with E-state index in [1.807, 2.05) is 0 Å². The summed E-state index contributed by atoms with van der Waals surface area (Å²) in [5.41, 5.74) is 0. The highest BCUT2D eigenvalue weighted by Crippen LogP contribution is 1.85. The fraction of sp³-hybridized carbons (Fsp3) is 1.00. The normalized spacial score (nSPS) is 10.7. The summed E-state index contributed by atoms with van der Waals surface area (Å²) in [7, 11) is 2.24. The third kappa shape index (κ3) is 4.09. The lowest BCUT2D eigenvalue weighted by Gasteiger charge is -2.03. The van der Waals surface area contributed by atoms with Gasteiger partial charge in [0.25, 0.3) is 5.28 Å². The Hall–Kier alpha value is -1.80. The Bertz CT molecular complexity index is 182. The van der Waals surface area contributed by atoms with Gasteiger partial charge in [-0.15, -0.1) is 0 Å². The molecule has 70 valence electrons. The third-order valence-electron chi connectivity index (χ3n) is 0.804. The van der Waals surface area contributed by atoms with E-state index in [9.17, 15) is 15.3 Å². The third-order valence-corrected chi connectivity index (χ3v) is 0.804. The molecule has 9 heteroatoms. The summed E-state index contributed by atoms with van der Waals surface area (Å²) >= 11 is 0. The minimum atomic E-state index is -0.711. The lowest BCUT2D eigenvalue weighted by Crippen LogP contribution is -2.27. The molecule has 0 radical (unpaired) electrons. The Labute approximate surface area is 67.4 Å². The van der Waals surface area contributed by atoms with Crippen LogP contribution in [0.4, 0.5) is 0 Å². The van der Waals surface area contributed by atoms with E-state index in [1.54, 1.807) is 0 Å².